The van der Waals surface area contributed by atoms with Crippen molar-refractivity contribution in [3.63, 3.8) is 0 Å². The number of nitrogens with zero attached hydrogens (tertiary/aromatic N) is 6. The predicted molar refractivity (Wildman–Crippen MR) is 79.2 cm³/mol. The second-order valence-corrected chi connectivity index (χ2v) is 5.38. The van der Waals surface area contributed by atoms with E-state index in [9.17, 15) is 4.79 Å². The Morgan fingerprint density at radius 3 is 2.77 bits per heavy atom. The lowest BCUT2D eigenvalue weighted by Crippen LogP contribution is -2.38. The highest BCUT2D eigenvalue weighted by Crippen LogP contribution is 2.19. The van der Waals surface area contributed by atoms with Crippen molar-refractivity contribution >= 4 is 5.91 Å². The van der Waals surface area contributed by atoms with E-state index in [2.05, 4.69) is 10.00 Å². The molecule has 0 radical (unpaired) electrons. The second kappa shape index (κ2) is 8.16. The molecule has 1 aliphatic heterocycles. The number of amides is 1. The van der Waals surface area contributed by atoms with Crippen molar-refractivity contribution in [2.45, 2.75) is 31.8 Å². The van der Waals surface area contributed by atoms with Crippen LogP contribution in [0.15, 0.2) is 18.5 Å². The van der Waals surface area contributed by atoms with Crippen LogP contribution in [0, 0.1) is 22.7 Å². The largest absolute Gasteiger partial charge is 0.316 e. The molecule has 7 heteroatoms. The molecular formula is C15H20N6O. The van der Waals surface area contributed by atoms with Gasteiger partial charge in [-0.3, -0.25) is 14.4 Å². The minimum Gasteiger partial charge on any atom is -0.316 e. The number of carbonyl (C=O) groups is 1. The van der Waals surface area contributed by atoms with Crippen LogP contribution >= 0.6 is 0 Å². The Kier molecular flexibility index (Phi) is 5.93. The second-order valence-electron chi connectivity index (χ2n) is 5.38. The van der Waals surface area contributed by atoms with Crippen LogP contribution < -0.4 is 0 Å². The fraction of sp³-hybridized carbons (Fsp3) is 0.600. The molecule has 0 aromatic carbocycles. The van der Waals surface area contributed by atoms with Gasteiger partial charge in [0.15, 0.2) is 0 Å². The maximum Gasteiger partial charge on any atom is 0.225 e. The zero-order valence-electron chi connectivity index (χ0n) is 12.6. The molecule has 0 aliphatic carbocycles. The zero-order valence-corrected chi connectivity index (χ0v) is 12.6. The minimum absolute atomic E-state index is 0.0247. The van der Waals surface area contributed by atoms with Gasteiger partial charge in [0.1, 0.15) is 13.1 Å². The van der Waals surface area contributed by atoms with Gasteiger partial charge in [0.2, 0.25) is 5.91 Å². The molecular weight excluding hydrogens is 280 g/mol. The molecule has 1 amide bonds. The first-order valence-corrected chi connectivity index (χ1v) is 7.47. The van der Waals surface area contributed by atoms with Gasteiger partial charge in [-0.15, -0.1) is 0 Å². The summed E-state index contributed by atoms with van der Waals surface area (Å²) >= 11 is 0. The molecule has 0 bridgehead atoms. The van der Waals surface area contributed by atoms with Gasteiger partial charge in [0, 0.05) is 31.4 Å². The molecule has 1 fully saturated rings. The van der Waals surface area contributed by atoms with Crippen molar-refractivity contribution < 1.29 is 4.79 Å². The summed E-state index contributed by atoms with van der Waals surface area (Å²) in [5, 5.41) is 21.6. The van der Waals surface area contributed by atoms with Crippen molar-refractivity contribution in [1.29, 1.82) is 10.5 Å². The van der Waals surface area contributed by atoms with Crippen molar-refractivity contribution in [1.82, 2.24) is 19.6 Å². The fourth-order valence-electron chi connectivity index (χ4n) is 2.82. The molecule has 22 heavy (non-hydrogen) atoms. The van der Waals surface area contributed by atoms with Crippen molar-refractivity contribution in [2.75, 3.05) is 26.2 Å². The minimum atomic E-state index is -0.132. The van der Waals surface area contributed by atoms with E-state index in [-0.39, 0.29) is 19.0 Å². The first-order valence-electron chi connectivity index (χ1n) is 7.47. The quantitative estimate of drug-likeness (QED) is 0.688. The number of hydrogen-bond acceptors (Lipinski definition) is 5. The molecule has 116 valence electrons. The van der Waals surface area contributed by atoms with Crippen LogP contribution in [0.4, 0.5) is 0 Å². The van der Waals surface area contributed by atoms with Crippen LogP contribution in [0.2, 0.25) is 0 Å². The Morgan fingerprint density at radius 1 is 1.36 bits per heavy atom. The van der Waals surface area contributed by atoms with E-state index in [4.69, 9.17) is 10.5 Å². The molecule has 7 nitrogen and oxygen atoms in total. The Balaban J connectivity index is 1.83. The number of carbonyl (C=O) groups excluding carboxylic acids is 1. The van der Waals surface area contributed by atoms with E-state index in [1.807, 2.05) is 29.1 Å². The molecule has 1 aromatic rings. The maximum absolute atomic E-state index is 12.1. The Labute approximate surface area is 130 Å². The monoisotopic (exact) mass is 300 g/mol. The molecule has 2 heterocycles. The predicted octanol–water partition coefficient (Wildman–Crippen LogP) is 0.613. The molecule has 0 spiro atoms. The van der Waals surface area contributed by atoms with E-state index in [1.54, 1.807) is 6.20 Å². The number of likely N-dealkylation sites (tertiary alicyclic amines) is 1. The summed E-state index contributed by atoms with van der Waals surface area (Å²) in [5.74, 6) is -0.132. The average molecular weight is 300 g/mol. The molecule has 2 rings (SSSR count). The van der Waals surface area contributed by atoms with E-state index in [1.165, 1.54) is 4.90 Å². The van der Waals surface area contributed by atoms with Crippen LogP contribution in [0.3, 0.4) is 0 Å². The standard InChI is InChI=1S/C15H20N6O/c16-5-11-20(12-6-17)15(22)4-10-19-8-1-3-14(19)13-21-9-2-7-18-21/h2,7,9,14H,1,3-4,8,10-13H2. The van der Waals surface area contributed by atoms with Gasteiger partial charge >= 0.3 is 0 Å². The smallest absolute Gasteiger partial charge is 0.225 e. The molecule has 1 aromatic heterocycles. The van der Waals surface area contributed by atoms with Gasteiger partial charge < -0.3 is 4.90 Å². The van der Waals surface area contributed by atoms with E-state index in [0.717, 1.165) is 25.9 Å². The molecule has 1 unspecified atom stereocenters. The van der Waals surface area contributed by atoms with Gasteiger partial charge in [0.05, 0.1) is 18.7 Å². The van der Waals surface area contributed by atoms with Gasteiger partial charge in [-0.25, -0.2) is 0 Å². The topological polar surface area (TPSA) is 89.0 Å². The van der Waals surface area contributed by atoms with E-state index in [0.29, 0.717) is 19.0 Å². The number of aromatic nitrogens is 2. The normalized spacial score (nSPS) is 17.8. The molecule has 1 aliphatic rings. The lowest BCUT2D eigenvalue weighted by molar-refractivity contribution is -0.130. The van der Waals surface area contributed by atoms with Crippen LogP contribution in [-0.4, -0.2) is 57.7 Å². The molecule has 1 saturated heterocycles. The lowest BCUT2D eigenvalue weighted by Gasteiger charge is -2.25. The summed E-state index contributed by atoms with van der Waals surface area (Å²) in [7, 11) is 0. The zero-order chi connectivity index (χ0) is 15.8. The molecule has 0 N–H and O–H groups in total. The average Bonchev–Trinajstić information content (AvgIpc) is 3.17. The number of nitriles is 2. The Morgan fingerprint density at radius 2 is 2.14 bits per heavy atom. The Hall–Kier alpha value is -2.38. The lowest BCUT2D eigenvalue weighted by atomic mass is 10.2. The van der Waals surface area contributed by atoms with Crippen LogP contribution in [0.1, 0.15) is 19.3 Å². The highest BCUT2D eigenvalue weighted by molar-refractivity contribution is 5.76. The molecule has 1 atom stereocenters. The van der Waals surface area contributed by atoms with Gasteiger partial charge in [-0.2, -0.15) is 15.6 Å². The SMILES string of the molecule is N#CCN(CC#N)C(=O)CCN1CCCC1Cn1cccn1. The van der Waals surface area contributed by atoms with Gasteiger partial charge in [0.25, 0.3) is 0 Å². The first-order chi connectivity index (χ1) is 10.7. The maximum atomic E-state index is 12.1. The van der Waals surface area contributed by atoms with Gasteiger partial charge in [-0.1, -0.05) is 0 Å². The highest BCUT2D eigenvalue weighted by Gasteiger charge is 2.25. The fourth-order valence-corrected chi connectivity index (χ4v) is 2.82. The van der Waals surface area contributed by atoms with Crippen LogP contribution in [0.25, 0.3) is 0 Å². The number of hydrogen-bond donors (Lipinski definition) is 0. The van der Waals surface area contributed by atoms with Crippen molar-refractivity contribution in [3.8, 4) is 12.1 Å². The summed E-state index contributed by atoms with van der Waals surface area (Å²) in [6, 6.07) is 6.16. The van der Waals surface area contributed by atoms with Crippen LogP contribution in [-0.2, 0) is 11.3 Å². The third-order valence-corrected chi connectivity index (χ3v) is 3.94. The highest BCUT2D eigenvalue weighted by atomic mass is 16.2. The van der Waals surface area contributed by atoms with Crippen LogP contribution in [0.5, 0.6) is 0 Å². The summed E-state index contributed by atoms with van der Waals surface area (Å²) in [5.41, 5.74) is 0. The summed E-state index contributed by atoms with van der Waals surface area (Å²) in [4.78, 5) is 15.7. The van der Waals surface area contributed by atoms with E-state index >= 15 is 0 Å². The summed E-state index contributed by atoms with van der Waals surface area (Å²) in [6.07, 6.45) is 6.29. The third kappa shape index (κ3) is 4.31. The summed E-state index contributed by atoms with van der Waals surface area (Å²) < 4.78 is 1.92. The van der Waals surface area contributed by atoms with Crippen molar-refractivity contribution in [3.05, 3.63) is 18.5 Å². The first kappa shape index (κ1) is 16.0. The third-order valence-electron chi connectivity index (χ3n) is 3.94. The Bertz CT molecular complexity index is 540. The van der Waals surface area contributed by atoms with E-state index < -0.39 is 0 Å². The van der Waals surface area contributed by atoms with Crippen molar-refractivity contribution in [2.24, 2.45) is 0 Å². The number of rotatable bonds is 7. The molecule has 0 saturated carbocycles. The summed E-state index contributed by atoms with van der Waals surface area (Å²) in [6.45, 7) is 2.43. The van der Waals surface area contributed by atoms with Gasteiger partial charge in [-0.05, 0) is 25.5 Å².